The van der Waals surface area contributed by atoms with E-state index in [0.29, 0.717) is 24.4 Å². The fraction of sp³-hybridized carbons (Fsp3) is 0.227. The van der Waals surface area contributed by atoms with Crippen LogP contribution in [0.4, 0.5) is 0 Å². The molecular weight excluding hydrogens is 370 g/mol. The van der Waals surface area contributed by atoms with Gasteiger partial charge in [0.1, 0.15) is 29.4 Å². The van der Waals surface area contributed by atoms with E-state index in [1.54, 1.807) is 11.8 Å². The van der Waals surface area contributed by atoms with Crippen molar-refractivity contribution in [2.24, 2.45) is 0 Å². The molecule has 0 aliphatic carbocycles. The second-order valence-corrected chi connectivity index (χ2v) is 6.92. The Morgan fingerprint density at radius 1 is 1.07 bits per heavy atom. The van der Waals surface area contributed by atoms with Crippen LogP contribution >= 0.6 is 0 Å². The molecule has 7 heteroatoms. The summed E-state index contributed by atoms with van der Waals surface area (Å²) in [6, 6.07) is 12.8. The van der Waals surface area contributed by atoms with Crippen LogP contribution in [-0.2, 0) is 13.2 Å². The fourth-order valence-corrected chi connectivity index (χ4v) is 3.38. The standard InChI is InChI=1S/C22H21N3O4/c1-14-8-15(2)22-16(10-21(26)29-20(22)9-14)11-25-12-17(23-24-25)13-28-19-6-4-18(27-3)5-7-19/h4-10,12H,11,13H2,1-3H3. The Bertz CT molecular complexity index is 1210. The Balaban J connectivity index is 1.52. The third kappa shape index (κ3) is 4.13. The van der Waals surface area contributed by atoms with Gasteiger partial charge in [0.25, 0.3) is 0 Å². The molecule has 0 unspecified atom stereocenters. The predicted molar refractivity (Wildman–Crippen MR) is 108 cm³/mol. The van der Waals surface area contributed by atoms with Crippen molar-refractivity contribution < 1.29 is 13.9 Å². The van der Waals surface area contributed by atoms with Crippen LogP contribution in [0.25, 0.3) is 11.0 Å². The van der Waals surface area contributed by atoms with Crippen LogP contribution in [0.5, 0.6) is 11.5 Å². The van der Waals surface area contributed by atoms with Gasteiger partial charge < -0.3 is 13.9 Å². The zero-order valence-electron chi connectivity index (χ0n) is 16.5. The third-order valence-corrected chi connectivity index (χ3v) is 4.63. The molecule has 0 aliphatic heterocycles. The highest BCUT2D eigenvalue weighted by atomic mass is 16.5. The summed E-state index contributed by atoms with van der Waals surface area (Å²) < 4.78 is 18.0. The quantitative estimate of drug-likeness (QED) is 0.467. The molecule has 0 saturated heterocycles. The Morgan fingerprint density at radius 2 is 1.83 bits per heavy atom. The molecule has 0 saturated carbocycles. The van der Waals surface area contributed by atoms with Gasteiger partial charge in [0.2, 0.25) is 0 Å². The van der Waals surface area contributed by atoms with E-state index in [4.69, 9.17) is 13.9 Å². The molecule has 7 nitrogen and oxygen atoms in total. The minimum Gasteiger partial charge on any atom is -0.497 e. The van der Waals surface area contributed by atoms with Crippen LogP contribution in [0.2, 0.25) is 0 Å². The van der Waals surface area contributed by atoms with Crippen molar-refractivity contribution in [1.29, 1.82) is 0 Å². The summed E-state index contributed by atoms with van der Waals surface area (Å²) in [4.78, 5) is 12.0. The molecule has 2 heterocycles. The van der Waals surface area contributed by atoms with Crippen LogP contribution in [0.1, 0.15) is 22.4 Å². The van der Waals surface area contributed by atoms with E-state index < -0.39 is 0 Å². The average Bonchev–Trinajstić information content (AvgIpc) is 3.13. The third-order valence-electron chi connectivity index (χ3n) is 4.63. The molecule has 0 N–H and O–H groups in total. The number of ether oxygens (including phenoxy) is 2. The van der Waals surface area contributed by atoms with Crippen molar-refractivity contribution in [2.75, 3.05) is 7.11 Å². The van der Waals surface area contributed by atoms with Crippen LogP contribution in [0, 0.1) is 13.8 Å². The number of nitrogens with zero attached hydrogens (tertiary/aromatic N) is 3. The molecule has 4 rings (SSSR count). The molecule has 2 aromatic carbocycles. The van der Waals surface area contributed by atoms with Crippen molar-refractivity contribution in [3.63, 3.8) is 0 Å². The average molecular weight is 391 g/mol. The number of fused-ring (bicyclic) bond motifs is 1. The van der Waals surface area contributed by atoms with E-state index in [-0.39, 0.29) is 5.63 Å². The first kappa shape index (κ1) is 18.7. The lowest BCUT2D eigenvalue weighted by Gasteiger charge is -2.09. The van der Waals surface area contributed by atoms with Gasteiger partial charge in [-0.3, -0.25) is 0 Å². The number of rotatable bonds is 6. The second-order valence-electron chi connectivity index (χ2n) is 6.92. The van der Waals surface area contributed by atoms with E-state index in [1.165, 1.54) is 6.07 Å². The first-order chi connectivity index (χ1) is 14.0. The molecule has 0 radical (unpaired) electrons. The monoisotopic (exact) mass is 391 g/mol. The van der Waals surface area contributed by atoms with Gasteiger partial charge in [-0.25, -0.2) is 9.48 Å². The molecule has 0 amide bonds. The molecule has 0 fully saturated rings. The SMILES string of the molecule is COc1ccc(OCc2cn(Cc3cc(=O)oc4cc(C)cc(C)c34)nn2)cc1. The number of aryl methyl sites for hydroxylation is 2. The number of hydrogen-bond donors (Lipinski definition) is 0. The molecule has 0 atom stereocenters. The van der Waals surface area contributed by atoms with E-state index in [9.17, 15) is 4.79 Å². The maximum absolute atomic E-state index is 12.0. The minimum absolute atomic E-state index is 0.294. The molecule has 29 heavy (non-hydrogen) atoms. The van der Waals surface area contributed by atoms with Gasteiger partial charge in [-0.1, -0.05) is 11.3 Å². The van der Waals surface area contributed by atoms with E-state index in [2.05, 4.69) is 16.4 Å². The summed E-state index contributed by atoms with van der Waals surface area (Å²) in [6.07, 6.45) is 1.81. The lowest BCUT2D eigenvalue weighted by molar-refractivity contribution is 0.300. The Kier molecular flexibility index (Phi) is 5.03. The van der Waals surface area contributed by atoms with Gasteiger partial charge in [-0.05, 0) is 60.9 Å². The normalized spacial score (nSPS) is 11.0. The summed E-state index contributed by atoms with van der Waals surface area (Å²) in [5.74, 6) is 1.49. The predicted octanol–water partition coefficient (Wildman–Crippen LogP) is 3.64. The van der Waals surface area contributed by atoms with Crippen molar-refractivity contribution in [2.45, 2.75) is 27.0 Å². The number of benzene rings is 2. The highest BCUT2D eigenvalue weighted by Gasteiger charge is 2.11. The number of aromatic nitrogens is 3. The van der Waals surface area contributed by atoms with Crippen LogP contribution < -0.4 is 15.1 Å². The smallest absolute Gasteiger partial charge is 0.336 e. The van der Waals surface area contributed by atoms with Crippen LogP contribution in [0.3, 0.4) is 0 Å². The van der Waals surface area contributed by atoms with Crippen LogP contribution in [-0.4, -0.2) is 22.1 Å². The highest BCUT2D eigenvalue weighted by Crippen LogP contribution is 2.24. The summed E-state index contributed by atoms with van der Waals surface area (Å²) in [6.45, 7) is 4.70. The van der Waals surface area contributed by atoms with Gasteiger partial charge in [-0.2, -0.15) is 0 Å². The Morgan fingerprint density at radius 3 is 2.59 bits per heavy atom. The van der Waals surface area contributed by atoms with Gasteiger partial charge >= 0.3 is 5.63 Å². The van der Waals surface area contributed by atoms with E-state index in [1.807, 2.05) is 50.4 Å². The molecule has 0 spiro atoms. The topological polar surface area (TPSA) is 79.4 Å². The van der Waals surface area contributed by atoms with E-state index >= 15 is 0 Å². The number of methoxy groups -OCH3 is 1. The number of hydrogen-bond acceptors (Lipinski definition) is 6. The molecule has 0 aliphatic rings. The van der Waals surface area contributed by atoms with Gasteiger partial charge in [0, 0.05) is 11.5 Å². The van der Waals surface area contributed by atoms with Crippen molar-refractivity contribution in [1.82, 2.24) is 15.0 Å². The maximum Gasteiger partial charge on any atom is 0.336 e. The largest absolute Gasteiger partial charge is 0.497 e. The molecule has 4 aromatic rings. The minimum atomic E-state index is -0.374. The molecule has 2 aromatic heterocycles. The molecule has 148 valence electrons. The van der Waals surface area contributed by atoms with Gasteiger partial charge in [-0.15, -0.1) is 5.10 Å². The summed E-state index contributed by atoms with van der Waals surface area (Å²) in [5.41, 5.74) is 3.87. The first-order valence-electron chi connectivity index (χ1n) is 9.21. The summed E-state index contributed by atoms with van der Waals surface area (Å²) >= 11 is 0. The van der Waals surface area contributed by atoms with Crippen molar-refractivity contribution in [3.05, 3.63) is 81.5 Å². The zero-order valence-corrected chi connectivity index (χ0v) is 16.5. The Labute approximate surface area is 167 Å². The van der Waals surface area contributed by atoms with Crippen molar-refractivity contribution >= 4 is 11.0 Å². The van der Waals surface area contributed by atoms with Gasteiger partial charge in [0.05, 0.1) is 19.9 Å². The van der Waals surface area contributed by atoms with Crippen molar-refractivity contribution in [3.8, 4) is 11.5 Å². The fourth-order valence-electron chi connectivity index (χ4n) is 3.38. The highest BCUT2D eigenvalue weighted by molar-refractivity contribution is 5.84. The lowest BCUT2D eigenvalue weighted by Crippen LogP contribution is -2.07. The summed E-state index contributed by atoms with van der Waals surface area (Å²) in [7, 11) is 1.62. The summed E-state index contributed by atoms with van der Waals surface area (Å²) in [5, 5.41) is 9.26. The maximum atomic E-state index is 12.0. The molecular formula is C22H21N3O4. The van der Waals surface area contributed by atoms with Crippen LogP contribution in [0.15, 0.2) is 57.9 Å². The Hall–Kier alpha value is -3.61. The lowest BCUT2D eigenvalue weighted by atomic mass is 10.0. The zero-order chi connectivity index (χ0) is 20.4. The van der Waals surface area contributed by atoms with E-state index in [0.717, 1.165) is 33.6 Å². The first-order valence-corrected chi connectivity index (χ1v) is 9.21. The molecule has 0 bridgehead atoms. The second kappa shape index (κ2) is 7.79. The van der Waals surface area contributed by atoms with Gasteiger partial charge in [0.15, 0.2) is 0 Å².